The number of aliphatic hydroxyl groups excluding tert-OH is 4. The lowest BCUT2D eigenvalue weighted by atomic mass is 9.92. The van der Waals surface area contributed by atoms with Crippen LogP contribution in [-0.2, 0) is 4.74 Å². The molecular weight excluding hydrogens is 208 g/mol. The summed E-state index contributed by atoms with van der Waals surface area (Å²) in [5.41, 5.74) is 11.4. The molecule has 1 rings (SSSR count). The van der Waals surface area contributed by atoms with E-state index in [4.69, 9.17) is 21.1 Å². The van der Waals surface area contributed by atoms with E-state index in [-0.39, 0.29) is 0 Å². The number of hydrogen-bond acceptors (Lipinski definition) is 7. The number of nitrogens with zero attached hydrogens (tertiary/aromatic N) is 3. The highest BCUT2D eigenvalue weighted by atomic mass is 16.6. The monoisotopic (exact) mass is 220 g/mol. The van der Waals surface area contributed by atoms with Crippen LogP contribution >= 0.6 is 0 Å². The molecule has 15 heavy (non-hydrogen) atoms. The fourth-order valence-corrected chi connectivity index (χ4v) is 1.32. The van der Waals surface area contributed by atoms with Gasteiger partial charge in [-0.05, 0) is 5.53 Å². The van der Waals surface area contributed by atoms with Crippen LogP contribution in [0.5, 0.6) is 0 Å². The smallest absolute Gasteiger partial charge is 0.181 e. The number of nitrogens with two attached hydrogens (primary N) is 1. The van der Waals surface area contributed by atoms with Gasteiger partial charge in [-0.2, -0.15) is 0 Å². The van der Waals surface area contributed by atoms with Crippen molar-refractivity contribution in [2.24, 2.45) is 10.8 Å². The maximum Gasteiger partial charge on any atom is 0.181 e. The molecule has 0 aliphatic carbocycles. The standard InChI is InChI=1S/C6H12N4O5/c7-6(9-10-8)4(13)3(12)2(1-11)15-5(6)14/h2-5,11-14H,1,7H2/t2-,3-,4+,5?,6+/m1/s1. The third kappa shape index (κ3) is 1.90. The van der Waals surface area contributed by atoms with Gasteiger partial charge in [0, 0.05) is 4.91 Å². The number of rotatable bonds is 2. The molecule has 0 bridgehead atoms. The molecule has 1 unspecified atom stereocenters. The van der Waals surface area contributed by atoms with Gasteiger partial charge in [-0.25, -0.2) is 0 Å². The molecule has 1 saturated heterocycles. The Bertz CT molecular complexity index is 283. The largest absolute Gasteiger partial charge is 0.394 e. The van der Waals surface area contributed by atoms with Gasteiger partial charge in [0.1, 0.15) is 18.3 Å². The van der Waals surface area contributed by atoms with Crippen molar-refractivity contribution in [3.8, 4) is 0 Å². The summed E-state index contributed by atoms with van der Waals surface area (Å²) in [6, 6.07) is 0. The Morgan fingerprint density at radius 2 is 2.07 bits per heavy atom. The van der Waals surface area contributed by atoms with Crippen LogP contribution in [0.3, 0.4) is 0 Å². The molecule has 5 atom stereocenters. The van der Waals surface area contributed by atoms with Crippen molar-refractivity contribution < 1.29 is 25.2 Å². The third-order valence-corrected chi connectivity index (χ3v) is 2.28. The summed E-state index contributed by atoms with van der Waals surface area (Å²) in [5, 5.41) is 40.0. The van der Waals surface area contributed by atoms with Crippen molar-refractivity contribution in [2.75, 3.05) is 6.61 Å². The van der Waals surface area contributed by atoms with Gasteiger partial charge in [0.2, 0.25) is 0 Å². The van der Waals surface area contributed by atoms with E-state index < -0.39 is 36.9 Å². The first-order chi connectivity index (χ1) is 6.97. The van der Waals surface area contributed by atoms with Crippen molar-refractivity contribution in [3.63, 3.8) is 0 Å². The predicted octanol–water partition coefficient (Wildman–Crippen LogP) is -2.62. The van der Waals surface area contributed by atoms with Gasteiger partial charge in [-0.3, -0.25) is 0 Å². The molecule has 6 N–H and O–H groups in total. The maximum atomic E-state index is 9.51. The number of hydrogen-bond donors (Lipinski definition) is 5. The minimum absolute atomic E-state index is 0.609. The van der Waals surface area contributed by atoms with E-state index in [1.54, 1.807) is 0 Å². The van der Waals surface area contributed by atoms with E-state index in [2.05, 4.69) is 10.0 Å². The summed E-state index contributed by atoms with van der Waals surface area (Å²) in [4.78, 5) is 2.34. The highest BCUT2D eigenvalue weighted by Crippen LogP contribution is 2.27. The Labute approximate surface area is 84.3 Å². The first kappa shape index (κ1) is 12.1. The van der Waals surface area contributed by atoms with Crippen LogP contribution in [0.1, 0.15) is 0 Å². The maximum absolute atomic E-state index is 9.51. The molecule has 1 aliphatic heterocycles. The normalized spacial score (nSPS) is 45.9. The Morgan fingerprint density at radius 1 is 1.47 bits per heavy atom. The van der Waals surface area contributed by atoms with Crippen LogP contribution in [-0.4, -0.2) is 57.3 Å². The van der Waals surface area contributed by atoms with Crippen molar-refractivity contribution in [3.05, 3.63) is 10.4 Å². The second-order valence-electron chi connectivity index (χ2n) is 3.22. The van der Waals surface area contributed by atoms with Gasteiger partial charge in [0.05, 0.1) is 6.61 Å². The number of ether oxygens (including phenoxy) is 1. The van der Waals surface area contributed by atoms with E-state index in [1.165, 1.54) is 0 Å². The predicted molar refractivity (Wildman–Crippen MR) is 46.0 cm³/mol. The summed E-state index contributed by atoms with van der Waals surface area (Å²) in [5.74, 6) is 0. The molecule has 1 fully saturated rings. The van der Waals surface area contributed by atoms with Crippen molar-refractivity contribution >= 4 is 0 Å². The Kier molecular flexibility index (Phi) is 3.47. The van der Waals surface area contributed by atoms with Crippen LogP contribution in [0.4, 0.5) is 0 Å². The lowest BCUT2D eigenvalue weighted by Crippen LogP contribution is -2.69. The van der Waals surface area contributed by atoms with Crippen LogP contribution in [0.15, 0.2) is 5.11 Å². The van der Waals surface area contributed by atoms with E-state index in [0.29, 0.717) is 0 Å². The Hall–Kier alpha value is -0.930. The van der Waals surface area contributed by atoms with Gasteiger partial charge < -0.3 is 30.9 Å². The second kappa shape index (κ2) is 4.29. The summed E-state index contributed by atoms with van der Waals surface area (Å²) in [6.45, 7) is -0.609. The third-order valence-electron chi connectivity index (χ3n) is 2.28. The summed E-state index contributed by atoms with van der Waals surface area (Å²) in [7, 11) is 0. The summed E-state index contributed by atoms with van der Waals surface area (Å²) < 4.78 is 4.69. The highest BCUT2D eigenvalue weighted by molar-refractivity contribution is 5.01. The van der Waals surface area contributed by atoms with Crippen LogP contribution < -0.4 is 5.73 Å². The van der Waals surface area contributed by atoms with Crippen LogP contribution in [0.2, 0.25) is 0 Å². The second-order valence-corrected chi connectivity index (χ2v) is 3.22. The molecule has 0 aromatic rings. The molecule has 1 aliphatic rings. The molecule has 1 heterocycles. The number of aliphatic hydroxyl groups is 4. The van der Waals surface area contributed by atoms with Crippen molar-refractivity contribution in [2.45, 2.75) is 30.3 Å². The zero-order chi connectivity index (χ0) is 11.6. The van der Waals surface area contributed by atoms with Gasteiger partial charge in [0.15, 0.2) is 12.0 Å². The summed E-state index contributed by atoms with van der Waals surface area (Å²) >= 11 is 0. The molecule has 0 radical (unpaired) electrons. The molecule has 0 saturated carbocycles. The lowest BCUT2D eigenvalue weighted by molar-refractivity contribution is -0.276. The molecule has 9 heteroatoms. The van der Waals surface area contributed by atoms with E-state index in [1.807, 2.05) is 0 Å². The number of azide groups is 1. The molecule has 9 nitrogen and oxygen atoms in total. The van der Waals surface area contributed by atoms with Gasteiger partial charge in [-0.15, -0.1) is 0 Å². The van der Waals surface area contributed by atoms with Gasteiger partial charge in [0.25, 0.3) is 0 Å². The minimum atomic E-state index is -2.17. The molecule has 0 aromatic heterocycles. The van der Waals surface area contributed by atoms with E-state index >= 15 is 0 Å². The molecular formula is C6H12N4O5. The summed E-state index contributed by atoms with van der Waals surface area (Å²) in [6.07, 6.45) is -6.26. The zero-order valence-electron chi connectivity index (χ0n) is 7.63. The first-order valence-electron chi connectivity index (χ1n) is 4.13. The molecule has 0 aromatic carbocycles. The van der Waals surface area contributed by atoms with E-state index in [0.717, 1.165) is 0 Å². The highest BCUT2D eigenvalue weighted by Gasteiger charge is 2.52. The first-order valence-corrected chi connectivity index (χ1v) is 4.13. The van der Waals surface area contributed by atoms with Gasteiger partial charge in [-0.1, -0.05) is 5.11 Å². The Morgan fingerprint density at radius 3 is 2.53 bits per heavy atom. The lowest BCUT2D eigenvalue weighted by Gasteiger charge is -2.44. The van der Waals surface area contributed by atoms with E-state index in [9.17, 15) is 15.3 Å². The van der Waals surface area contributed by atoms with Crippen LogP contribution in [0, 0.1) is 0 Å². The quantitative estimate of drug-likeness (QED) is 0.194. The molecule has 0 amide bonds. The topological polar surface area (TPSA) is 165 Å². The zero-order valence-corrected chi connectivity index (χ0v) is 7.63. The molecule has 0 spiro atoms. The SMILES string of the molecule is [N-]=[N+]=N[C@]1(N)C(O)O[C@H](CO)[C@@H](O)[C@@H]1O. The Balaban J connectivity index is 2.97. The average molecular weight is 220 g/mol. The van der Waals surface area contributed by atoms with Gasteiger partial charge >= 0.3 is 0 Å². The van der Waals surface area contributed by atoms with Crippen molar-refractivity contribution in [1.82, 2.24) is 0 Å². The fraction of sp³-hybridized carbons (Fsp3) is 1.00. The molecule has 86 valence electrons. The minimum Gasteiger partial charge on any atom is -0.394 e. The van der Waals surface area contributed by atoms with Crippen LogP contribution in [0.25, 0.3) is 10.4 Å². The average Bonchev–Trinajstić information content (AvgIpc) is 2.21. The fourth-order valence-electron chi connectivity index (χ4n) is 1.32. The van der Waals surface area contributed by atoms with Crippen molar-refractivity contribution in [1.29, 1.82) is 0 Å².